The van der Waals surface area contributed by atoms with Gasteiger partial charge in [-0.15, -0.1) is 0 Å². The first kappa shape index (κ1) is 6.12. The minimum Gasteiger partial charge on any atom is -0.292 e. The average Bonchev–Trinajstić information content (AvgIpc) is 2.34. The smallest absolute Gasteiger partial charge is 0.163 e. The molecule has 1 rings (SSSR count). The lowest BCUT2D eigenvalue weighted by molar-refractivity contribution is 0.570. The van der Waals surface area contributed by atoms with Gasteiger partial charge in [0.05, 0.1) is 11.6 Å². The van der Waals surface area contributed by atoms with Gasteiger partial charge in [0.15, 0.2) is 5.62 Å². The zero-order chi connectivity index (χ0) is 6.69. The summed E-state index contributed by atoms with van der Waals surface area (Å²) in [6.45, 7) is 0. The molecule has 0 aromatic heterocycles. The van der Waals surface area contributed by atoms with Crippen LogP contribution in [0.1, 0.15) is 0 Å². The average molecular weight is 139 g/mol. The van der Waals surface area contributed by atoms with Gasteiger partial charge in [-0.3, -0.25) is 4.79 Å². The Morgan fingerprint density at radius 2 is 2.56 bits per heavy atom. The largest absolute Gasteiger partial charge is 0.292 e. The van der Waals surface area contributed by atoms with Crippen LogP contribution in [0.3, 0.4) is 0 Å². The van der Waals surface area contributed by atoms with Crippen LogP contribution in [-0.2, 0) is 4.79 Å². The van der Waals surface area contributed by atoms with Crippen LogP contribution in [-0.4, -0.2) is 5.62 Å². The highest BCUT2D eigenvalue weighted by atomic mass is 32.2. The fraction of sp³-hybridized carbons (Fsp3) is 0. The minimum absolute atomic E-state index is 0.605. The van der Waals surface area contributed by atoms with E-state index >= 15 is 0 Å². The molecule has 0 saturated heterocycles. The summed E-state index contributed by atoms with van der Waals surface area (Å²) >= 11 is 0. The highest BCUT2D eigenvalue weighted by Gasteiger charge is 2.01. The van der Waals surface area contributed by atoms with Gasteiger partial charge < -0.3 is 0 Å². The van der Waals surface area contributed by atoms with Gasteiger partial charge in [0, 0.05) is 0 Å². The number of nitriles is 1. The summed E-state index contributed by atoms with van der Waals surface area (Å²) in [6, 6.07) is 1.96. The first-order chi connectivity index (χ1) is 4.36. The van der Waals surface area contributed by atoms with E-state index in [0.717, 1.165) is 5.62 Å². The van der Waals surface area contributed by atoms with Gasteiger partial charge in [0.25, 0.3) is 0 Å². The van der Waals surface area contributed by atoms with E-state index < -0.39 is 10.9 Å². The second-order valence-electron chi connectivity index (χ2n) is 1.56. The number of rotatable bonds is 1. The Labute approximate surface area is 55.8 Å². The normalized spacial score (nSPS) is 27.0. The van der Waals surface area contributed by atoms with Crippen molar-refractivity contribution in [3.05, 3.63) is 22.5 Å². The van der Waals surface area contributed by atoms with Gasteiger partial charge in [-0.1, -0.05) is 0 Å². The van der Waals surface area contributed by atoms with Crippen molar-refractivity contribution in [1.29, 1.82) is 5.26 Å². The third kappa shape index (κ3) is 1.21. The Bertz CT molecular complexity index is 224. The van der Waals surface area contributed by atoms with Gasteiger partial charge >= 0.3 is 0 Å². The lowest BCUT2D eigenvalue weighted by atomic mass is 10.3. The molecule has 1 aliphatic rings. The van der Waals surface area contributed by atoms with Crippen LogP contribution in [0.4, 0.5) is 0 Å². The van der Waals surface area contributed by atoms with Crippen LogP contribution in [0, 0.1) is 11.3 Å². The van der Waals surface area contributed by atoms with Crippen LogP contribution in [0.2, 0.25) is 0 Å². The summed E-state index contributed by atoms with van der Waals surface area (Å²) < 4.78 is 0. The minimum atomic E-state index is -0.734. The first-order valence-electron chi connectivity index (χ1n) is 2.39. The van der Waals surface area contributed by atoms with E-state index in [1.807, 2.05) is 6.07 Å². The molecular weight excluding hydrogens is 134 g/mol. The van der Waals surface area contributed by atoms with Crippen molar-refractivity contribution in [2.24, 2.45) is 0 Å². The molecule has 0 aliphatic carbocycles. The molecule has 3 heteroatoms. The fourth-order valence-corrected chi connectivity index (χ4v) is 1.56. The van der Waals surface area contributed by atoms with Gasteiger partial charge in [0.1, 0.15) is 0 Å². The standard InChI is InChI=1S/C6H5NOS/c7-3-6-1-2-9(4-6)5-8/h1-2,4-5,9H. The maximum absolute atomic E-state index is 10.1. The summed E-state index contributed by atoms with van der Waals surface area (Å²) in [5.74, 6) is 0. The molecule has 0 spiro atoms. The Morgan fingerprint density at radius 1 is 1.78 bits per heavy atom. The van der Waals surface area contributed by atoms with E-state index in [1.54, 1.807) is 16.9 Å². The van der Waals surface area contributed by atoms with Crippen molar-refractivity contribution in [2.75, 3.05) is 0 Å². The molecule has 0 aromatic rings. The molecule has 0 bridgehead atoms. The predicted molar refractivity (Wildman–Crippen MR) is 38.6 cm³/mol. The molecule has 1 unspecified atom stereocenters. The SMILES string of the molecule is N#CC1=C[SH](C=O)C=C1. The van der Waals surface area contributed by atoms with Crippen LogP contribution in [0.25, 0.3) is 0 Å². The summed E-state index contributed by atoms with van der Waals surface area (Å²) in [5.41, 5.74) is 1.48. The quantitative estimate of drug-likeness (QED) is 0.436. The summed E-state index contributed by atoms with van der Waals surface area (Å²) in [4.78, 5) is 10.1. The van der Waals surface area contributed by atoms with E-state index in [-0.39, 0.29) is 0 Å². The van der Waals surface area contributed by atoms with E-state index in [0.29, 0.717) is 5.57 Å². The van der Waals surface area contributed by atoms with Gasteiger partial charge in [0.2, 0.25) is 0 Å². The Balaban J connectivity index is 2.76. The third-order valence-corrected chi connectivity index (χ3v) is 2.28. The molecule has 0 fully saturated rings. The molecule has 0 saturated carbocycles. The monoisotopic (exact) mass is 139 g/mol. The number of nitrogens with zero attached hydrogens (tertiary/aromatic N) is 1. The molecule has 0 radical (unpaired) electrons. The van der Waals surface area contributed by atoms with Crippen molar-refractivity contribution in [3.8, 4) is 6.07 Å². The summed E-state index contributed by atoms with van der Waals surface area (Å²) in [5, 5.41) is 11.8. The number of thiol groups is 1. The molecule has 0 N–H and O–H groups in total. The first-order valence-corrected chi connectivity index (χ1v) is 3.94. The van der Waals surface area contributed by atoms with Crippen LogP contribution >= 0.6 is 10.9 Å². The van der Waals surface area contributed by atoms with E-state index in [4.69, 9.17) is 5.26 Å². The molecule has 0 aromatic carbocycles. The van der Waals surface area contributed by atoms with E-state index in [9.17, 15) is 4.79 Å². The molecule has 1 heterocycles. The van der Waals surface area contributed by atoms with Crippen LogP contribution < -0.4 is 0 Å². The van der Waals surface area contributed by atoms with E-state index in [2.05, 4.69) is 0 Å². The van der Waals surface area contributed by atoms with E-state index in [1.165, 1.54) is 0 Å². The molecule has 0 amide bonds. The number of allylic oxidation sites excluding steroid dienone is 2. The Kier molecular flexibility index (Phi) is 1.71. The predicted octanol–water partition coefficient (Wildman–Crippen LogP) is 1.11. The number of hydrogen-bond donors (Lipinski definition) is 1. The van der Waals surface area contributed by atoms with Crippen molar-refractivity contribution in [2.45, 2.75) is 0 Å². The van der Waals surface area contributed by atoms with Crippen molar-refractivity contribution >= 4 is 16.5 Å². The van der Waals surface area contributed by atoms with Crippen molar-refractivity contribution in [3.63, 3.8) is 0 Å². The zero-order valence-corrected chi connectivity index (χ0v) is 5.51. The number of carbonyl (C=O) groups is 1. The molecule has 46 valence electrons. The van der Waals surface area contributed by atoms with Crippen LogP contribution in [0.15, 0.2) is 22.5 Å². The van der Waals surface area contributed by atoms with Crippen molar-refractivity contribution in [1.82, 2.24) is 0 Å². The highest BCUT2D eigenvalue weighted by Crippen LogP contribution is 2.32. The lowest BCUT2D eigenvalue weighted by Crippen LogP contribution is -1.64. The summed E-state index contributed by atoms with van der Waals surface area (Å²) in [6.07, 6.45) is 1.68. The summed E-state index contributed by atoms with van der Waals surface area (Å²) in [7, 11) is -0.734. The Hall–Kier alpha value is -1.01. The molecule has 2 nitrogen and oxygen atoms in total. The van der Waals surface area contributed by atoms with Crippen molar-refractivity contribution < 1.29 is 4.79 Å². The van der Waals surface area contributed by atoms with Crippen LogP contribution in [0.5, 0.6) is 0 Å². The van der Waals surface area contributed by atoms with Gasteiger partial charge in [-0.05, 0) is 16.9 Å². The Morgan fingerprint density at radius 3 is 2.89 bits per heavy atom. The number of carbonyl (C=O) groups excluding carboxylic acids is 1. The maximum Gasteiger partial charge on any atom is 0.163 e. The molecular formula is C6H5NOS. The van der Waals surface area contributed by atoms with Gasteiger partial charge in [-0.2, -0.15) is 16.2 Å². The second-order valence-corrected chi connectivity index (χ2v) is 3.23. The zero-order valence-electron chi connectivity index (χ0n) is 4.61. The maximum atomic E-state index is 10.1. The molecule has 1 aliphatic heterocycles. The number of hydrogen-bond acceptors (Lipinski definition) is 2. The highest BCUT2D eigenvalue weighted by molar-refractivity contribution is 8.33. The molecule has 1 atom stereocenters. The molecule has 9 heavy (non-hydrogen) atoms. The lowest BCUT2D eigenvalue weighted by Gasteiger charge is -1.91. The second kappa shape index (κ2) is 2.51. The topological polar surface area (TPSA) is 40.9 Å². The fourth-order valence-electron chi connectivity index (χ4n) is 0.545. The third-order valence-electron chi connectivity index (χ3n) is 0.965. The van der Waals surface area contributed by atoms with Gasteiger partial charge in [-0.25, -0.2) is 0 Å².